The molecule has 1 heterocycles. The molecule has 0 unspecified atom stereocenters. The van der Waals surface area contributed by atoms with Crippen LogP contribution in [0.5, 0.6) is 0 Å². The summed E-state index contributed by atoms with van der Waals surface area (Å²) in [4.78, 5) is 1.85. The van der Waals surface area contributed by atoms with E-state index in [1.54, 1.807) is 0 Å². The Morgan fingerprint density at radius 2 is 2.38 bits per heavy atom. The summed E-state index contributed by atoms with van der Waals surface area (Å²) in [7, 11) is 1.85. The van der Waals surface area contributed by atoms with Gasteiger partial charge in [0.1, 0.15) is 16.6 Å². The van der Waals surface area contributed by atoms with E-state index in [0.717, 1.165) is 10.7 Å². The van der Waals surface area contributed by atoms with Crippen LogP contribution < -0.4 is 4.90 Å². The second-order valence-electron chi connectivity index (χ2n) is 2.62. The highest BCUT2D eigenvalue weighted by molar-refractivity contribution is 7.10. The molecule has 1 rings (SSSR count). The van der Waals surface area contributed by atoms with Gasteiger partial charge in [-0.2, -0.15) is 9.64 Å². The first-order valence-corrected chi connectivity index (χ1v) is 4.49. The van der Waals surface area contributed by atoms with Gasteiger partial charge in [0.05, 0.1) is 12.2 Å². The monoisotopic (exact) mass is 191 g/mol. The third-order valence-electron chi connectivity index (χ3n) is 1.63. The van der Waals surface area contributed by atoms with E-state index in [0.29, 0.717) is 12.1 Å². The Balaban J connectivity index is 3.03. The van der Waals surface area contributed by atoms with Gasteiger partial charge in [-0.05, 0) is 18.5 Å². The summed E-state index contributed by atoms with van der Waals surface area (Å²) in [6, 6.07) is 2.12. The topological polar surface area (TPSA) is 39.9 Å². The lowest BCUT2D eigenvalue weighted by atomic mass is 10.3. The molecule has 1 aromatic heterocycles. The molecule has 1 aromatic rings. The fraction of sp³-hybridized carbons (Fsp3) is 0.333. The zero-order chi connectivity index (χ0) is 9.84. The molecule has 0 aromatic carbocycles. The lowest BCUT2D eigenvalue weighted by Gasteiger charge is -2.12. The molecule has 13 heavy (non-hydrogen) atoms. The Morgan fingerprint density at radius 3 is 2.92 bits per heavy atom. The maximum absolute atomic E-state index is 8.84. The van der Waals surface area contributed by atoms with Crippen molar-refractivity contribution in [3.63, 3.8) is 0 Å². The second-order valence-corrected chi connectivity index (χ2v) is 3.37. The molecule has 0 aliphatic heterocycles. The summed E-state index contributed by atoms with van der Waals surface area (Å²) < 4.78 is 4.10. The van der Waals surface area contributed by atoms with E-state index in [9.17, 15) is 0 Å². The van der Waals surface area contributed by atoms with Crippen LogP contribution in [0.25, 0.3) is 0 Å². The predicted molar refractivity (Wildman–Crippen MR) is 53.7 cm³/mol. The number of aromatic nitrogens is 1. The van der Waals surface area contributed by atoms with Crippen LogP contribution in [0, 0.1) is 30.6 Å². The van der Waals surface area contributed by atoms with Crippen molar-refractivity contribution in [2.24, 2.45) is 0 Å². The highest BCUT2D eigenvalue weighted by atomic mass is 32.1. The third kappa shape index (κ3) is 1.80. The van der Waals surface area contributed by atoms with E-state index in [1.807, 2.05) is 18.9 Å². The minimum Gasteiger partial charge on any atom is -0.353 e. The van der Waals surface area contributed by atoms with Crippen LogP contribution in [0.3, 0.4) is 0 Å². The van der Waals surface area contributed by atoms with Gasteiger partial charge in [0.15, 0.2) is 0 Å². The van der Waals surface area contributed by atoms with Crippen molar-refractivity contribution in [1.82, 2.24) is 4.37 Å². The van der Waals surface area contributed by atoms with Gasteiger partial charge in [0, 0.05) is 7.05 Å². The maximum Gasteiger partial charge on any atom is 0.130 e. The SMILES string of the molecule is C#CCN(C)c1snc(C)c1C#N. The molecule has 0 amide bonds. The van der Waals surface area contributed by atoms with Crippen molar-refractivity contribution in [3.05, 3.63) is 11.3 Å². The van der Waals surface area contributed by atoms with Crippen LogP contribution in [0.4, 0.5) is 5.00 Å². The summed E-state index contributed by atoms with van der Waals surface area (Å²) in [6.45, 7) is 2.32. The molecule has 0 aliphatic carbocycles. The van der Waals surface area contributed by atoms with Gasteiger partial charge in [0.2, 0.25) is 0 Å². The number of aryl methyl sites for hydroxylation is 1. The zero-order valence-corrected chi connectivity index (χ0v) is 8.35. The van der Waals surface area contributed by atoms with Crippen LogP contribution in [0.2, 0.25) is 0 Å². The van der Waals surface area contributed by atoms with E-state index >= 15 is 0 Å². The molecule has 0 fully saturated rings. The summed E-state index contributed by atoms with van der Waals surface area (Å²) in [5.41, 5.74) is 1.40. The average Bonchev–Trinajstić information content (AvgIpc) is 2.47. The molecular weight excluding hydrogens is 182 g/mol. The van der Waals surface area contributed by atoms with Crippen LogP contribution >= 0.6 is 11.5 Å². The van der Waals surface area contributed by atoms with Crippen molar-refractivity contribution in [3.8, 4) is 18.4 Å². The minimum atomic E-state index is 0.496. The van der Waals surface area contributed by atoms with Gasteiger partial charge < -0.3 is 4.90 Å². The van der Waals surface area contributed by atoms with Crippen molar-refractivity contribution >= 4 is 16.5 Å². The molecule has 0 radical (unpaired) electrons. The highest BCUT2D eigenvalue weighted by Gasteiger charge is 2.12. The number of nitriles is 1. The summed E-state index contributed by atoms with van der Waals surface area (Å²) in [5, 5.41) is 9.69. The first kappa shape index (κ1) is 9.57. The number of terminal acetylenes is 1. The zero-order valence-electron chi connectivity index (χ0n) is 7.53. The van der Waals surface area contributed by atoms with Gasteiger partial charge in [-0.1, -0.05) is 5.92 Å². The quantitative estimate of drug-likeness (QED) is 0.663. The normalized spacial score (nSPS) is 8.92. The van der Waals surface area contributed by atoms with Crippen molar-refractivity contribution in [2.45, 2.75) is 6.92 Å². The Labute approximate surface area is 81.8 Å². The molecule has 0 bridgehead atoms. The smallest absolute Gasteiger partial charge is 0.130 e. The Bertz CT molecular complexity index is 381. The lowest BCUT2D eigenvalue weighted by molar-refractivity contribution is 1.06. The molecule has 3 nitrogen and oxygen atoms in total. The summed E-state index contributed by atoms with van der Waals surface area (Å²) in [6.07, 6.45) is 5.17. The first-order valence-electron chi connectivity index (χ1n) is 3.71. The molecule has 4 heteroatoms. The fourth-order valence-electron chi connectivity index (χ4n) is 0.956. The lowest BCUT2D eigenvalue weighted by Crippen LogP contribution is -2.16. The van der Waals surface area contributed by atoms with Crippen LogP contribution in [0.1, 0.15) is 11.3 Å². The van der Waals surface area contributed by atoms with Gasteiger partial charge in [0.25, 0.3) is 0 Å². The Hall–Kier alpha value is -1.52. The summed E-state index contributed by atoms with van der Waals surface area (Å²) >= 11 is 1.31. The molecule has 0 atom stereocenters. The van der Waals surface area contributed by atoms with E-state index < -0.39 is 0 Å². The van der Waals surface area contributed by atoms with Gasteiger partial charge in [-0.15, -0.1) is 6.42 Å². The number of anilines is 1. The van der Waals surface area contributed by atoms with Gasteiger partial charge >= 0.3 is 0 Å². The van der Waals surface area contributed by atoms with E-state index in [2.05, 4.69) is 16.4 Å². The van der Waals surface area contributed by atoms with E-state index in [4.69, 9.17) is 11.7 Å². The molecule has 0 saturated heterocycles. The first-order chi connectivity index (χ1) is 6.20. The average molecular weight is 191 g/mol. The van der Waals surface area contributed by atoms with Gasteiger partial charge in [-0.3, -0.25) is 0 Å². The Morgan fingerprint density at radius 1 is 1.69 bits per heavy atom. The second kappa shape index (κ2) is 3.93. The fourth-order valence-corrected chi connectivity index (χ4v) is 1.76. The third-order valence-corrected chi connectivity index (χ3v) is 2.69. The summed E-state index contributed by atoms with van der Waals surface area (Å²) in [5.74, 6) is 2.52. The minimum absolute atomic E-state index is 0.496. The molecule has 0 spiro atoms. The molecule has 66 valence electrons. The van der Waals surface area contributed by atoms with Crippen molar-refractivity contribution < 1.29 is 0 Å². The van der Waals surface area contributed by atoms with Crippen LogP contribution in [-0.2, 0) is 0 Å². The highest BCUT2D eigenvalue weighted by Crippen LogP contribution is 2.26. The number of hydrogen-bond acceptors (Lipinski definition) is 4. The van der Waals surface area contributed by atoms with Crippen molar-refractivity contribution in [1.29, 1.82) is 5.26 Å². The van der Waals surface area contributed by atoms with Crippen molar-refractivity contribution in [2.75, 3.05) is 18.5 Å². The van der Waals surface area contributed by atoms with E-state index in [-0.39, 0.29) is 0 Å². The van der Waals surface area contributed by atoms with Gasteiger partial charge in [-0.25, -0.2) is 0 Å². The molecule has 0 saturated carbocycles. The largest absolute Gasteiger partial charge is 0.353 e. The van der Waals surface area contributed by atoms with E-state index in [1.165, 1.54) is 11.5 Å². The Kier molecular flexibility index (Phi) is 2.89. The molecular formula is C9H9N3S. The van der Waals surface area contributed by atoms with Crippen LogP contribution in [-0.4, -0.2) is 18.0 Å². The number of nitrogens with zero attached hydrogens (tertiary/aromatic N) is 3. The predicted octanol–water partition coefficient (Wildman–Crippen LogP) is 1.39. The molecule has 0 N–H and O–H groups in total. The van der Waals surface area contributed by atoms with Crippen LogP contribution in [0.15, 0.2) is 0 Å². The molecule has 0 aliphatic rings. The maximum atomic E-state index is 8.84. The number of rotatable bonds is 2. The standard InChI is InChI=1S/C9H9N3S/c1-4-5-12(3)9-8(6-10)7(2)11-13-9/h1H,5H2,2-3H3. The number of hydrogen-bond donors (Lipinski definition) is 0.